The molecule has 1 amide bonds. The number of benzene rings is 3. The molecule has 1 heterocycles. The summed E-state index contributed by atoms with van der Waals surface area (Å²) in [5.41, 5.74) is 2.42. The summed E-state index contributed by atoms with van der Waals surface area (Å²) in [4.78, 5) is 29.6. The van der Waals surface area contributed by atoms with Gasteiger partial charge in [0.1, 0.15) is 5.75 Å². The van der Waals surface area contributed by atoms with E-state index in [9.17, 15) is 9.59 Å². The number of aromatic nitrogens is 1. The van der Waals surface area contributed by atoms with Crippen molar-refractivity contribution in [3.8, 4) is 5.75 Å². The summed E-state index contributed by atoms with van der Waals surface area (Å²) >= 11 is 4.78. The van der Waals surface area contributed by atoms with Crippen LogP contribution in [0, 0.1) is 0 Å². The van der Waals surface area contributed by atoms with E-state index in [-0.39, 0.29) is 11.7 Å². The average Bonchev–Trinajstić information content (AvgIpc) is 3.21. The van der Waals surface area contributed by atoms with Crippen LogP contribution >= 0.6 is 27.3 Å². The van der Waals surface area contributed by atoms with Crippen molar-refractivity contribution in [2.45, 2.75) is 6.42 Å². The number of rotatable bonds is 8. The Morgan fingerprint density at radius 3 is 2.39 bits per heavy atom. The van der Waals surface area contributed by atoms with E-state index in [1.165, 1.54) is 11.3 Å². The number of amides is 1. The zero-order valence-corrected chi connectivity index (χ0v) is 18.9. The molecule has 0 unspecified atom stereocenters. The molecular weight excluding hydrogens is 476 g/mol. The largest absolute Gasteiger partial charge is 0.494 e. The van der Waals surface area contributed by atoms with Gasteiger partial charge in [-0.3, -0.25) is 14.9 Å². The highest BCUT2D eigenvalue weighted by molar-refractivity contribution is 9.09. The van der Waals surface area contributed by atoms with Gasteiger partial charge >= 0.3 is 0 Å². The topological polar surface area (TPSA) is 68.3 Å². The van der Waals surface area contributed by atoms with Crippen LogP contribution in [0.15, 0.2) is 72.8 Å². The van der Waals surface area contributed by atoms with Gasteiger partial charge in [0.25, 0.3) is 5.91 Å². The van der Waals surface area contributed by atoms with E-state index >= 15 is 0 Å². The minimum atomic E-state index is -0.272. The highest BCUT2D eigenvalue weighted by Gasteiger charge is 2.13. The van der Waals surface area contributed by atoms with Gasteiger partial charge in [-0.1, -0.05) is 69.7 Å². The molecule has 4 aromatic rings. The first kappa shape index (κ1) is 21.2. The molecule has 0 radical (unpaired) electrons. The highest BCUT2D eigenvalue weighted by atomic mass is 79.9. The Morgan fingerprint density at radius 2 is 1.65 bits per heavy atom. The van der Waals surface area contributed by atoms with Crippen molar-refractivity contribution in [1.29, 1.82) is 0 Å². The molecular formula is C24H19BrN2O3S. The Balaban J connectivity index is 1.44. The van der Waals surface area contributed by atoms with E-state index in [4.69, 9.17) is 4.74 Å². The first-order chi connectivity index (χ1) is 15.1. The lowest BCUT2D eigenvalue weighted by Gasteiger charge is -2.04. The predicted octanol–water partition coefficient (Wildman–Crippen LogP) is 5.94. The normalized spacial score (nSPS) is 10.7. The summed E-state index contributed by atoms with van der Waals surface area (Å²) in [7, 11) is 0. The van der Waals surface area contributed by atoms with Crippen molar-refractivity contribution < 1.29 is 14.3 Å². The number of fused-ring (bicyclic) bond motifs is 1. The summed E-state index contributed by atoms with van der Waals surface area (Å²) < 4.78 is 6.65. The molecule has 0 aliphatic carbocycles. The van der Waals surface area contributed by atoms with Crippen molar-refractivity contribution >= 4 is 54.3 Å². The van der Waals surface area contributed by atoms with E-state index < -0.39 is 0 Å². The van der Waals surface area contributed by atoms with Crippen LogP contribution in [0.4, 0.5) is 5.13 Å². The van der Waals surface area contributed by atoms with Gasteiger partial charge in [-0.05, 0) is 36.8 Å². The molecule has 3 aromatic carbocycles. The smallest absolute Gasteiger partial charge is 0.257 e. The van der Waals surface area contributed by atoms with Gasteiger partial charge < -0.3 is 4.74 Å². The minimum absolute atomic E-state index is 0.0760. The molecule has 0 saturated carbocycles. The zero-order chi connectivity index (χ0) is 21.6. The lowest BCUT2D eigenvalue weighted by molar-refractivity contribution is 0.102. The molecule has 0 atom stereocenters. The summed E-state index contributed by atoms with van der Waals surface area (Å²) in [5, 5.41) is 4.25. The predicted molar refractivity (Wildman–Crippen MR) is 128 cm³/mol. The van der Waals surface area contributed by atoms with Gasteiger partial charge in [0.05, 0.1) is 16.8 Å². The zero-order valence-electron chi connectivity index (χ0n) is 16.5. The van der Waals surface area contributed by atoms with E-state index in [1.807, 2.05) is 36.4 Å². The van der Waals surface area contributed by atoms with Crippen molar-refractivity contribution in [1.82, 2.24) is 4.98 Å². The fourth-order valence-electron chi connectivity index (χ4n) is 2.99. The standard InChI is InChI=1S/C24H19BrN2O3S/c25-13-4-14-30-19-11-12-20-21(15-19)31-24(26-20)27-23(29)18-9-7-17(8-10-18)22(28)16-5-2-1-3-6-16/h1-3,5-12,15H,4,13-14H2,(H,26,27,29). The molecule has 156 valence electrons. The number of thiazole rings is 1. The number of carbonyl (C=O) groups excluding carboxylic acids is 2. The second kappa shape index (κ2) is 9.85. The average molecular weight is 495 g/mol. The molecule has 7 heteroatoms. The lowest BCUT2D eigenvalue weighted by atomic mass is 10.0. The Bertz CT molecular complexity index is 1210. The van der Waals surface area contributed by atoms with Gasteiger partial charge in [-0.2, -0.15) is 0 Å². The van der Waals surface area contributed by atoms with Crippen LogP contribution in [0.1, 0.15) is 32.7 Å². The molecule has 1 N–H and O–H groups in total. The van der Waals surface area contributed by atoms with Gasteiger partial charge in [-0.25, -0.2) is 4.98 Å². The number of hydrogen-bond acceptors (Lipinski definition) is 5. The number of ketones is 1. The van der Waals surface area contributed by atoms with Crippen LogP contribution in [0.2, 0.25) is 0 Å². The van der Waals surface area contributed by atoms with Crippen molar-refractivity contribution in [3.05, 3.63) is 89.5 Å². The third kappa shape index (κ3) is 5.18. The SMILES string of the molecule is O=C(Nc1nc2ccc(OCCCBr)cc2s1)c1ccc(C(=O)c2ccccc2)cc1. The maximum Gasteiger partial charge on any atom is 0.257 e. The van der Waals surface area contributed by atoms with Crippen LogP contribution in [0.3, 0.4) is 0 Å². The fraction of sp³-hybridized carbons (Fsp3) is 0.125. The molecule has 31 heavy (non-hydrogen) atoms. The number of nitrogens with zero attached hydrogens (tertiary/aromatic N) is 1. The highest BCUT2D eigenvalue weighted by Crippen LogP contribution is 2.29. The van der Waals surface area contributed by atoms with Crippen LogP contribution in [-0.2, 0) is 0 Å². The molecule has 1 aromatic heterocycles. The Labute approximate surface area is 192 Å². The monoisotopic (exact) mass is 494 g/mol. The maximum atomic E-state index is 12.6. The van der Waals surface area contributed by atoms with Gasteiger partial charge in [0, 0.05) is 22.0 Å². The molecule has 0 aliphatic rings. The van der Waals surface area contributed by atoms with Crippen LogP contribution in [0.5, 0.6) is 5.75 Å². The second-order valence-corrected chi connectivity index (χ2v) is 8.59. The first-order valence-corrected chi connectivity index (χ1v) is 11.7. The first-order valence-electron chi connectivity index (χ1n) is 9.74. The number of carbonyl (C=O) groups is 2. The fourth-order valence-corrected chi connectivity index (χ4v) is 4.11. The van der Waals surface area contributed by atoms with Crippen molar-refractivity contribution in [3.63, 3.8) is 0 Å². The number of alkyl halides is 1. The molecule has 5 nitrogen and oxygen atoms in total. The minimum Gasteiger partial charge on any atom is -0.494 e. The Kier molecular flexibility index (Phi) is 6.74. The number of halogens is 1. The number of ether oxygens (including phenoxy) is 1. The molecule has 0 saturated heterocycles. The summed E-state index contributed by atoms with van der Waals surface area (Å²) in [6.07, 6.45) is 0.928. The van der Waals surface area contributed by atoms with E-state index in [1.54, 1.807) is 36.4 Å². The molecule has 4 rings (SSSR count). The van der Waals surface area contributed by atoms with Crippen molar-refractivity contribution in [2.24, 2.45) is 0 Å². The molecule has 0 spiro atoms. The number of hydrogen-bond donors (Lipinski definition) is 1. The summed E-state index contributed by atoms with van der Waals surface area (Å²) in [6.45, 7) is 0.641. The van der Waals surface area contributed by atoms with Crippen molar-refractivity contribution in [2.75, 3.05) is 17.3 Å². The molecule has 0 bridgehead atoms. The van der Waals surface area contributed by atoms with Gasteiger partial charge in [0.2, 0.25) is 0 Å². The lowest BCUT2D eigenvalue weighted by Crippen LogP contribution is -2.12. The molecule has 0 aliphatic heterocycles. The summed E-state index contributed by atoms with van der Waals surface area (Å²) in [6, 6.07) is 21.4. The number of nitrogens with one attached hydrogen (secondary N) is 1. The second-order valence-electron chi connectivity index (χ2n) is 6.77. The Morgan fingerprint density at radius 1 is 0.935 bits per heavy atom. The van der Waals surface area contributed by atoms with Gasteiger partial charge in [-0.15, -0.1) is 0 Å². The molecule has 0 fully saturated rings. The van der Waals surface area contributed by atoms with E-state index in [2.05, 4.69) is 26.2 Å². The Hall–Kier alpha value is -3.03. The van der Waals surface area contributed by atoms with Crippen LogP contribution in [-0.4, -0.2) is 28.6 Å². The third-order valence-electron chi connectivity index (χ3n) is 4.57. The quantitative estimate of drug-likeness (QED) is 0.187. The van der Waals surface area contributed by atoms with Crippen LogP contribution < -0.4 is 10.1 Å². The van der Waals surface area contributed by atoms with E-state index in [0.29, 0.717) is 28.4 Å². The number of anilines is 1. The van der Waals surface area contributed by atoms with Gasteiger partial charge in [0.15, 0.2) is 10.9 Å². The summed E-state index contributed by atoms with van der Waals surface area (Å²) in [5.74, 6) is 0.438. The van der Waals surface area contributed by atoms with E-state index in [0.717, 1.165) is 27.7 Å². The third-order valence-corrected chi connectivity index (χ3v) is 6.07. The maximum absolute atomic E-state index is 12.6. The van der Waals surface area contributed by atoms with Crippen LogP contribution in [0.25, 0.3) is 10.2 Å².